The average Bonchev–Trinajstić information content (AvgIpc) is 1.41. The van der Waals surface area contributed by atoms with Crippen molar-refractivity contribution >= 4 is 5.97 Å². The average molecular weight is 127 g/mol. The van der Waals surface area contributed by atoms with Crippen LogP contribution in [0.3, 0.4) is 0 Å². The molecule has 0 aliphatic rings. The van der Waals surface area contributed by atoms with Gasteiger partial charge in [0.05, 0.1) is 0 Å². The van der Waals surface area contributed by atoms with E-state index in [0.717, 1.165) is 24.3 Å². The van der Waals surface area contributed by atoms with Crippen molar-refractivity contribution in [1.82, 2.24) is 0 Å². The number of hydrogen-bond donors (Lipinski definition) is 1. The Hall–Kier alpha value is -0.146. The van der Waals surface area contributed by atoms with Gasteiger partial charge in [0.1, 0.15) is 0 Å². The molecular formula is C2H4O3V. The molecule has 0 saturated heterocycles. The molecule has 0 aromatic rings. The first-order valence-corrected chi connectivity index (χ1v) is 1.68. The van der Waals surface area contributed by atoms with Crippen LogP contribution < -0.4 is 0 Å². The number of hydrogen-bond acceptors (Lipinski definition) is 2. The van der Waals surface area contributed by atoms with Gasteiger partial charge in [0, 0.05) is 6.92 Å². The second-order valence-electron chi connectivity index (χ2n) is 0.519. The molecule has 0 bridgehead atoms. The zero-order valence-corrected chi connectivity index (χ0v) is 4.61. The molecule has 1 N–H and O–H groups in total. The quantitative estimate of drug-likeness (QED) is 0.497. The van der Waals surface area contributed by atoms with E-state index in [9.17, 15) is 0 Å². The summed E-state index contributed by atoms with van der Waals surface area (Å²) in [5, 5.41) is 7.42. The molecule has 0 aliphatic carbocycles. The maximum absolute atomic E-state index is 9.00. The number of carbonyl (C=O) groups is 1. The molecule has 0 aromatic heterocycles. The molecule has 3 nitrogen and oxygen atoms in total. The first-order chi connectivity index (χ1) is 2.73. The van der Waals surface area contributed by atoms with Crippen LogP contribution in [0.15, 0.2) is 0 Å². The van der Waals surface area contributed by atoms with E-state index in [1.807, 2.05) is 0 Å². The van der Waals surface area contributed by atoms with Gasteiger partial charge >= 0.3 is 21.0 Å². The summed E-state index contributed by atoms with van der Waals surface area (Å²) in [6, 6.07) is 0. The number of rotatable bonds is 0. The van der Waals surface area contributed by atoms with Crippen LogP contribution in [0, 0.1) is 0 Å². The Morgan fingerprint density at radius 3 is 1.67 bits per heavy atom. The van der Waals surface area contributed by atoms with E-state index >= 15 is 0 Å². The molecule has 0 spiro atoms. The summed E-state index contributed by atoms with van der Waals surface area (Å²) < 4.78 is 8.19. The Kier molecular flexibility index (Phi) is 13.7. The van der Waals surface area contributed by atoms with Crippen LogP contribution >= 0.6 is 0 Å². The maximum atomic E-state index is 9.00. The van der Waals surface area contributed by atoms with E-state index in [0.29, 0.717) is 0 Å². The van der Waals surface area contributed by atoms with Gasteiger partial charge in [-0.1, -0.05) is 0 Å². The Morgan fingerprint density at radius 2 is 1.67 bits per heavy atom. The van der Waals surface area contributed by atoms with Gasteiger partial charge in [-0.15, -0.1) is 0 Å². The van der Waals surface area contributed by atoms with Crippen LogP contribution in [0.4, 0.5) is 0 Å². The van der Waals surface area contributed by atoms with Gasteiger partial charge in [0.25, 0.3) is 5.97 Å². The topological polar surface area (TPSA) is 54.4 Å². The fraction of sp³-hybridized carbons (Fsp3) is 0.500. The predicted octanol–water partition coefficient (Wildman–Crippen LogP) is -0.0304. The van der Waals surface area contributed by atoms with Gasteiger partial charge in [-0.05, 0) is 0 Å². The van der Waals surface area contributed by atoms with Crippen molar-refractivity contribution in [2.45, 2.75) is 6.92 Å². The molecule has 0 aliphatic heterocycles. The fourth-order valence-electron chi connectivity index (χ4n) is 0. The first kappa shape index (κ1) is 9.29. The molecule has 0 fully saturated rings. The summed E-state index contributed by atoms with van der Waals surface area (Å²) in [5.41, 5.74) is 0. The molecule has 4 heteroatoms. The fourth-order valence-corrected chi connectivity index (χ4v) is 0. The van der Waals surface area contributed by atoms with Crippen LogP contribution in [-0.2, 0) is 25.8 Å². The van der Waals surface area contributed by atoms with Gasteiger partial charge in [-0.25, -0.2) is 0 Å². The van der Waals surface area contributed by atoms with Gasteiger partial charge in [-0.3, -0.25) is 4.79 Å². The van der Waals surface area contributed by atoms with Crippen molar-refractivity contribution in [2.75, 3.05) is 0 Å². The Labute approximate surface area is 44.6 Å². The molecule has 0 amide bonds. The summed E-state index contributed by atoms with van der Waals surface area (Å²) >= 11 is 1.06. The van der Waals surface area contributed by atoms with Crippen molar-refractivity contribution in [3.8, 4) is 0 Å². The van der Waals surface area contributed by atoms with E-state index < -0.39 is 5.97 Å². The van der Waals surface area contributed by atoms with Crippen molar-refractivity contribution in [3.05, 3.63) is 0 Å². The third-order valence-corrected chi connectivity index (χ3v) is 0. The van der Waals surface area contributed by atoms with Crippen molar-refractivity contribution < 1.29 is 30.9 Å². The summed E-state index contributed by atoms with van der Waals surface area (Å²) in [7, 11) is 0. The number of carboxylic acids is 1. The van der Waals surface area contributed by atoms with Crippen LogP contribution in [0.25, 0.3) is 0 Å². The monoisotopic (exact) mass is 127 g/mol. The second kappa shape index (κ2) is 8.85. The van der Waals surface area contributed by atoms with E-state index in [2.05, 4.69) is 0 Å². The minimum absolute atomic E-state index is 0.833. The first-order valence-electron chi connectivity index (χ1n) is 1.11. The second-order valence-corrected chi connectivity index (χ2v) is 0.519. The van der Waals surface area contributed by atoms with Crippen LogP contribution in [0.2, 0.25) is 0 Å². The normalized spacial score (nSPS) is 4.67. The summed E-state index contributed by atoms with van der Waals surface area (Å²) in [5.74, 6) is -0.833. The van der Waals surface area contributed by atoms with Gasteiger partial charge in [-0.2, -0.15) is 0 Å². The molecule has 0 unspecified atom stereocenters. The summed E-state index contributed by atoms with van der Waals surface area (Å²) in [4.78, 5) is 9.00. The van der Waals surface area contributed by atoms with Gasteiger partial charge in [0.15, 0.2) is 0 Å². The molecular weight excluding hydrogens is 123 g/mol. The van der Waals surface area contributed by atoms with E-state index in [1.54, 1.807) is 0 Å². The van der Waals surface area contributed by atoms with Crippen molar-refractivity contribution in [1.29, 1.82) is 0 Å². The van der Waals surface area contributed by atoms with Crippen LogP contribution in [0.5, 0.6) is 0 Å². The van der Waals surface area contributed by atoms with Gasteiger partial charge < -0.3 is 5.11 Å². The SMILES string of the molecule is CC(=O)O.[O]=[V]. The molecule has 35 valence electrons. The molecule has 0 radical (unpaired) electrons. The third-order valence-electron chi connectivity index (χ3n) is 0. The number of aliphatic carboxylic acids is 1. The Balaban J connectivity index is 0. The zero-order valence-electron chi connectivity index (χ0n) is 3.21. The van der Waals surface area contributed by atoms with Gasteiger partial charge in [0.2, 0.25) is 0 Å². The molecule has 0 aromatic carbocycles. The third kappa shape index (κ3) is 1480. The predicted molar refractivity (Wildman–Crippen MR) is 14.0 cm³/mol. The number of carboxylic acid groups (broad SMARTS) is 1. The van der Waals surface area contributed by atoms with E-state index in [1.165, 1.54) is 0 Å². The molecule has 0 atom stereocenters. The molecule has 0 heterocycles. The van der Waals surface area contributed by atoms with Crippen molar-refractivity contribution in [3.63, 3.8) is 0 Å². The van der Waals surface area contributed by atoms with Crippen molar-refractivity contribution in [2.24, 2.45) is 0 Å². The summed E-state index contributed by atoms with van der Waals surface area (Å²) in [6.07, 6.45) is 0. The van der Waals surface area contributed by atoms with E-state index in [4.69, 9.17) is 13.6 Å². The Morgan fingerprint density at radius 1 is 1.67 bits per heavy atom. The Bertz CT molecular complexity index is 40.1. The standard InChI is InChI=1S/C2H4O2.O.V/c1-2(3)4;;/h1H3,(H,3,4);;. The molecule has 0 rings (SSSR count). The van der Waals surface area contributed by atoms with E-state index in [-0.39, 0.29) is 0 Å². The summed E-state index contributed by atoms with van der Waals surface area (Å²) in [6.45, 7) is 1.08. The molecule has 6 heavy (non-hydrogen) atoms. The molecule has 0 saturated carbocycles. The van der Waals surface area contributed by atoms with Crippen LogP contribution in [-0.4, -0.2) is 11.1 Å². The van der Waals surface area contributed by atoms with Crippen LogP contribution in [0.1, 0.15) is 6.92 Å². The minimum atomic E-state index is -0.833. The zero-order chi connectivity index (χ0) is 5.58.